The van der Waals surface area contributed by atoms with E-state index in [9.17, 15) is 0 Å². The van der Waals surface area contributed by atoms with Crippen LogP contribution in [0.15, 0.2) is 24.3 Å². The van der Waals surface area contributed by atoms with Gasteiger partial charge in [0.2, 0.25) is 0 Å². The lowest BCUT2D eigenvalue weighted by Crippen LogP contribution is -2.19. The average molecular weight is 222 g/mol. The van der Waals surface area contributed by atoms with Crippen LogP contribution in [0.1, 0.15) is 30.1 Å². The number of benzene rings is 1. The zero-order chi connectivity index (χ0) is 10.7. The van der Waals surface area contributed by atoms with Crippen molar-refractivity contribution in [3.8, 4) is 6.07 Å². The zero-order valence-electron chi connectivity index (χ0n) is 8.32. The normalized spacial score (nSPS) is 25.9. The topological polar surface area (TPSA) is 33.0 Å². The highest BCUT2D eigenvalue weighted by Gasteiger charge is 2.21. The van der Waals surface area contributed by atoms with Crippen molar-refractivity contribution < 1.29 is 4.74 Å². The lowest BCUT2D eigenvalue weighted by atomic mass is 10.0. The van der Waals surface area contributed by atoms with E-state index in [1.165, 1.54) is 0 Å². The van der Waals surface area contributed by atoms with Crippen molar-refractivity contribution in [2.24, 2.45) is 0 Å². The van der Waals surface area contributed by atoms with Gasteiger partial charge in [-0.2, -0.15) is 5.26 Å². The number of alkyl halides is 1. The first kappa shape index (κ1) is 10.5. The fourth-order valence-corrected chi connectivity index (χ4v) is 2.01. The molecule has 78 valence electrons. The largest absolute Gasteiger partial charge is 0.373 e. The van der Waals surface area contributed by atoms with Gasteiger partial charge in [-0.15, -0.1) is 11.6 Å². The Bertz CT molecular complexity index is 368. The Hall–Kier alpha value is -1.04. The van der Waals surface area contributed by atoms with Crippen LogP contribution in [-0.2, 0) is 4.74 Å². The van der Waals surface area contributed by atoms with Crippen LogP contribution in [0, 0.1) is 11.3 Å². The predicted molar refractivity (Wildman–Crippen MR) is 58.7 cm³/mol. The summed E-state index contributed by atoms with van der Waals surface area (Å²) in [4.78, 5) is 0. The summed E-state index contributed by atoms with van der Waals surface area (Å²) in [5.74, 6) is 0. The monoisotopic (exact) mass is 221 g/mol. The summed E-state index contributed by atoms with van der Waals surface area (Å²) in [6.07, 6.45) is 1.87. The summed E-state index contributed by atoms with van der Waals surface area (Å²) in [6.45, 7) is 0.721. The van der Waals surface area contributed by atoms with Gasteiger partial charge in [-0.25, -0.2) is 0 Å². The lowest BCUT2D eigenvalue weighted by molar-refractivity contribution is 0.0169. The molecule has 1 saturated heterocycles. The number of ether oxygens (including phenoxy) is 1. The third kappa shape index (κ3) is 2.50. The molecule has 1 aliphatic heterocycles. The van der Waals surface area contributed by atoms with E-state index >= 15 is 0 Å². The van der Waals surface area contributed by atoms with E-state index in [0.29, 0.717) is 5.56 Å². The molecule has 0 unspecified atom stereocenters. The molecule has 1 aromatic rings. The number of nitriles is 1. The zero-order valence-corrected chi connectivity index (χ0v) is 9.07. The Morgan fingerprint density at radius 2 is 2.07 bits per heavy atom. The van der Waals surface area contributed by atoms with Crippen molar-refractivity contribution >= 4 is 11.6 Å². The van der Waals surface area contributed by atoms with Gasteiger partial charge >= 0.3 is 0 Å². The van der Waals surface area contributed by atoms with E-state index in [0.717, 1.165) is 25.0 Å². The highest BCUT2D eigenvalue weighted by atomic mass is 35.5. The molecule has 0 bridgehead atoms. The first-order valence-electron chi connectivity index (χ1n) is 5.05. The molecule has 0 amide bonds. The molecule has 0 aromatic heterocycles. The maximum atomic E-state index is 8.68. The van der Waals surface area contributed by atoms with E-state index < -0.39 is 0 Å². The quantitative estimate of drug-likeness (QED) is 0.683. The number of rotatable bonds is 1. The lowest BCUT2D eigenvalue weighted by Gasteiger charge is -2.26. The predicted octanol–water partition coefficient (Wildman–Crippen LogP) is 3.02. The first-order chi connectivity index (χ1) is 7.29. The molecular formula is C12H12ClNO. The maximum absolute atomic E-state index is 8.68. The van der Waals surface area contributed by atoms with Crippen LogP contribution in [-0.4, -0.2) is 12.0 Å². The molecule has 2 atom stereocenters. The van der Waals surface area contributed by atoms with E-state index in [2.05, 4.69) is 6.07 Å². The van der Waals surface area contributed by atoms with Crippen molar-refractivity contribution in [1.29, 1.82) is 5.26 Å². The minimum absolute atomic E-state index is 0.0917. The summed E-state index contributed by atoms with van der Waals surface area (Å²) in [5, 5.41) is 8.89. The van der Waals surface area contributed by atoms with Crippen molar-refractivity contribution in [2.75, 3.05) is 6.61 Å². The number of halogens is 1. The highest BCUT2D eigenvalue weighted by Crippen LogP contribution is 2.30. The minimum Gasteiger partial charge on any atom is -0.373 e. The van der Waals surface area contributed by atoms with Gasteiger partial charge in [0, 0.05) is 12.0 Å². The van der Waals surface area contributed by atoms with E-state index in [-0.39, 0.29) is 11.5 Å². The van der Waals surface area contributed by atoms with Crippen molar-refractivity contribution in [1.82, 2.24) is 0 Å². The van der Waals surface area contributed by atoms with Gasteiger partial charge in [0.1, 0.15) is 0 Å². The minimum atomic E-state index is 0.0917. The fraction of sp³-hybridized carbons (Fsp3) is 0.417. The summed E-state index contributed by atoms with van der Waals surface area (Å²) in [7, 11) is 0. The second-order valence-corrected chi connectivity index (χ2v) is 4.33. The molecule has 0 aliphatic carbocycles. The van der Waals surface area contributed by atoms with Gasteiger partial charge in [-0.05, 0) is 30.5 Å². The molecule has 0 saturated carbocycles. The van der Waals surface area contributed by atoms with Gasteiger partial charge in [0.05, 0.1) is 17.7 Å². The molecule has 1 aromatic carbocycles. The van der Waals surface area contributed by atoms with Crippen LogP contribution >= 0.6 is 11.6 Å². The van der Waals surface area contributed by atoms with E-state index in [4.69, 9.17) is 21.6 Å². The second kappa shape index (κ2) is 4.65. The van der Waals surface area contributed by atoms with Crippen LogP contribution < -0.4 is 0 Å². The van der Waals surface area contributed by atoms with Gasteiger partial charge in [0.25, 0.3) is 0 Å². The summed E-state index contributed by atoms with van der Waals surface area (Å²) < 4.78 is 5.64. The van der Waals surface area contributed by atoms with Crippen LogP contribution in [0.25, 0.3) is 0 Å². The molecule has 0 spiro atoms. The molecule has 2 rings (SSSR count). The standard InChI is InChI=1S/C12H12ClNO/c13-11-5-6-15-12(7-11)10-3-1-9(8-14)2-4-10/h1-4,11-12H,5-7H2/t11-,12+/m0/s1. The van der Waals surface area contributed by atoms with Crippen LogP contribution in [0.3, 0.4) is 0 Å². The molecule has 1 fully saturated rings. The molecule has 2 nitrogen and oxygen atoms in total. The Balaban J connectivity index is 2.12. The SMILES string of the molecule is N#Cc1ccc([C@H]2C[C@@H](Cl)CCO2)cc1. The van der Waals surface area contributed by atoms with E-state index in [1.54, 1.807) is 0 Å². The summed E-state index contributed by atoms with van der Waals surface area (Å²) in [5.41, 5.74) is 1.79. The van der Waals surface area contributed by atoms with Gasteiger partial charge in [-0.3, -0.25) is 0 Å². The van der Waals surface area contributed by atoms with E-state index in [1.807, 2.05) is 24.3 Å². The summed E-state index contributed by atoms with van der Waals surface area (Å²) in [6, 6.07) is 9.62. The Labute approximate surface area is 94.4 Å². The van der Waals surface area contributed by atoms with Crippen molar-refractivity contribution in [3.63, 3.8) is 0 Å². The van der Waals surface area contributed by atoms with Crippen LogP contribution in [0.5, 0.6) is 0 Å². The Morgan fingerprint density at radius 3 is 2.67 bits per heavy atom. The van der Waals surface area contributed by atoms with Gasteiger partial charge in [-0.1, -0.05) is 12.1 Å². The average Bonchev–Trinajstić information content (AvgIpc) is 2.29. The number of nitrogens with zero attached hydrogens (tertiary/aromatic N) is 1. The van der Waals surface area contributed by atoms with Crippen LogP contribution in [0.4, 0.5) is 0 Å². The maximum Gasteiger partial charge on any atom is 0.0991 e. The molecule has 3 heteroatoms. The fourth-order valence-electron chi connectivity index (χ4n) is 1.76. The third-order valence-electron chi connectivity index (χ3n) is 2.63. The molecule has 15 heavy (non-hydrogen) atoms. The Morgan fingerprint density at radius 1 is 1.33 bits per heavy atom. The van der Waals surface area contributed by atoms with Gasteiger partial charge < -0.3 is 4.74 Å². The molecule has 0 radical (unpaired) electrons. The van der Waals surface area contributed by atoms with Crippen LogP contribution in [0.2, 0.25) is 0 Å². The van der Waals surface area contributed by atoms with Crippen molar-refractivity contribution in [3.05, 3.63) is 35.4 Å². The summed E-state index contributed by atoms with van der Waals surface area (Å²) >= 11 is 6.09. The smallest absolute Gasteiger partial charge is 0.0991 e. The third-order valence-corrected chi connectivity index (χ3v) is 3.03. The molecule has 1 aliphatic rings. The first-order valence-corrected chi connectivity index (χ1v) is 5.49. The number of hydrogen-bond donors (Lipinski definition) is 0. The Kier molecular flexibility index (Phi) is 3.25. The molecular weight excluding hydrogens is 210 g/mol. The molecule has 0 N–H and O–H groups in total. The number of hydrogen-bond acceptors (Lipinski definition) is 2. The highest BCUT2D eigenvalue weighted by molar-refractivity contribution is 6.20. The van der Waals surface area contributed by atoms with Gasteiger partial charge in [0.15, 0.2) is 0 Å². The second-order valence-electron chi connectivity index (χ2n) is 3.71. The van der Waals surface area contributed by atoms with Crippen molar-refractivity contribution in [2.45, 2.75) is 24.3 Å². The molecule has 1 heterocycles.